The van der Waals surface area contributed by atoms with Crippen LogP contribution in [0.25, 0.3) is 0 Å². The molecule has 0 aliphatic carbocycles. The summed E-state index contributed by atoms with van der Waals surface area (Å²) in [6.07, 6.45) is -0.251. The minimum absolute atomic E-state index is 0.0637. The molecule has 4 nitrogen and oxygen atoms in total. The molecule has 0 amide bonds. The summed E-state index contributed by atoms with van der Waals surface area (Å²) < 4.78 is 10.0. The van der Waals surface area contributed by atoms with Gasteiger partial charge in [0.05, 0.1) is 18.8 Å². The highest BCUT2D eigenvalue weighted by Gasteiger charge is 2.05. The fourth-order valence-corrected chi connectivity index (χ4v) is 0.849. The average molecular weight is 177 g/mol. The standard InChI is InChI=1S/C8H19NO3/c1-7(10)4-9-5-8(12-3)6-11-2/h7-10H,4-6H2,1-3H3/t7-,8?/m1/s1. The van der Waals surface area contributed by atoms with Crippen LogP contribution in [0, 0.1) is 0 Å². The normalized spacial score (nSPS) is 16.0. The molecule has 0 aliphatic rings. The summed E-state index contributed by atoms with van der Waals surface area (Å²) in [4.78, 5) is 0. The number of methoxy groups -OCH3 is 2. The Morgan fingerprint density at radius 2 is 2.00 bits per heavy atom. The smallest absolute Gasteiger partial charge is 0.0928 e. The Morgan fingerprint density at radius 1 is 1.33 bits per heavy atom. The Labute approximate surface area is 73.9 Å². The third-order valence-electron chi connectivity index (χ3n) is 1.50. The van der Waals surface area contributed by atoms with Crippen LogP contribution in [0.2, 0.25) is 0 Å². The van der Waals surface area contributed by atoms with Gasteiger partial charge in [-0.3, -0.25) is 0 Å². The van der Waals surface area contributed by atoms with E-state index in [1.54, 1.807) is 21.1 Å². The van der Waals surface area contributed by atoms with Gasteiger partial charge in [-0.05, 0) is 6.92 Å². The summed E-state index contributed by atoms with van der Waals surface area (Å²) in [5.41, 5.74) is 0. The first kappa shape index (κ1) is 11.8. The van der Waals surface area contributed by atoms with Crippen LogP contribution in [0.3, 0.4) is 0 Å². The lowest BCUT2D eigenvalue weighted by Gasteiger charge is -2.15. The molecule has 0 aromatic carbocycles. The number of hydrogen-bond acceptors (Lipinski definition) is 4. The lowest BCUT2D eigenvalue weighted by molar-refractivity contribution is 0.0274. The maximum Gasteiger partial charge on any atom is 0.0928 e. The lowest BCUT2D eigenvalue weighted by Crippen LogP contribution is -2.35. The van der Waals surface area contributed by atoms with Crippen LogP contribution in [-0.2, 0) is 9.47 Å². The van der Waals surface area contributed by atoms with Gasteiger partial charge in [0.15, 0.2) is 0 Å². The van der Waals surface area contributed by atoms with Crippen molar-refractivity contribution in [2.45, 2.75) is 19.1 Å². The summed E-state index contributed by atoms with van der Waals surface area (Å²) in [5.74, 6) is 0. The molecule has 0 spiro atoms. The van der Waals surface area contributed by atoms with Gasteiger partial charge < -0.3 is 19.9 Å². The number of rotatable bonds is 7. The van der Waals surface area contributed by atoms with Gasteiger partial charge in [-0.15, -0.1) is 0 Å². The first-order chi connectivity index (χ1) is 5.70. The molecule has 0 rings (SSSR count). The van der Waals surface area contributed by atoms with Gasteiger partial charge in [-0.1, -0.05) is 0 Å². The van der Waals surface area contributed by atoms with E-state index in [-0.39, 0.29) is 12.2 Å². The maximum atomic E-state index is 8.93. The molecule has 0 aromatic heterocycles. The first-order valence-corrected chi connectivity index (χ1v) is 4.11. The Kier molecular flexibility index (Phi) is 7.39. The van der Waals surface area contributed by atoms with Gasteiger partial charge in [-0.2, -0.15) is 0 Å². The van der Waals surface area contributed by atoms with Crippen molar-refractivity contribution in [3.8, 4) is 0 Å². The lowest BCUT2D eigenvalue weighted by atomic mass is 10.3. The quantitative estimate of drug-likeness (QED) is 0.556. The molecule has 0 heterocycles. The predicted molar refractivity (Wildman–Crippen MR) is 47.2 cm³/mol. The topological polar surface area (TPSA) is 50.7 Å². The number of hydrogen-bond donors (Lipinski definition) is 2. The molecule has 2 N–H and O–H groups in total. The fraction of sp³-hybridized carbons (Fsp3) is 1.00. The molecular weight excluding hydrogens is 158 g/mol. The molecule has 2 atom stereocenters. The molecule has 0 bridgehead atoms. The van der Waals surface area contributed by atoms with Crippen molar-refractivity contribution in [3.63, 3.8) is 0 Å². The molecule has 0 aromatic rings. The molecule has 0 fully saturated rings. The zero-order valence-electron chi connectivity index (χ0n) is 8.04. The second-order valence-electron chi connectivity index (χ2n) is 2.82. The van der Waals surface area contributed by atoms with E-state index in [1.807, 2.05) is 0 Å². The maximum absolute atomic E-state index is 8.93. The van der Waals surface area contributed by atoms with Crippen molar-refractivity contribution in [1.29, 1.82) is 0 Å². The largest absolute Gasteiger partial charge is 0.392 e. The first-order valence-electron chi connectivity index (χ1n) is 4.11. The Hall–Kier alpha value is -0.160. The van der Waals surface area contributed by atoms with E-state index in [4.69, 9.17) is 14.6 Å². The van der Waals surface area contributed by atoms with Crippen molar-refractivity contribution in [1.82, 2.24) is 5.32 Å². The SMILES string of the molecule is COCC(CNC[C@@H](C)O)OC. The van der Waals surface area contributed by atoms with E-state index in [1.165, 1.54) is 0 Å². The molecule has 0 saturated carbocycles. The molecule has 12 heavy (non-hydrogen) atoms. The molecular formula is C8H19NO3. The number of nitrogens with one attached hydrogen (secondary N) is 1. The van der Waals surface area contributed by atoms with Crippen molar-refractivity contribution < 1.29 is 14.6 Å². The third-order valence-corrected chi connectivity index (χ3v) is 1.50. The van der Waals surface area contributed by atoms with Gasteiger partial charge in [0.25, 0.3) is 0 Å². The molecule has 0 saturated heterocycles. The third kappa shape index (κ3) is 6.54. The van der Waals surface area contributed by atoms with Crippen molar-refractivity contribution in [2.24, 2.45) is 0 Å². The molecule has 1 unspecified atom stereocenters. The predicted octanol–water partition coefficient (Wildman–Crippen LogP) is -0.382. The van der Waals surface area contributed by atoms with Crippen molar-refractivity contribution in [3.05, 3.63) is 0 Å². The highest BCUT2D eigenvalue weighted by atomic mass is 16.5. The van der Waals surface area contributed by atoms with Crippen LogP contribution in [0.1, 0.15) is 6.92 Å². The van der Waals surface area contributed by atoms with Gasteiger partial charge >= 0.3 is 0 Å². The van der Waals surface area contributed by atoms with Crippen LogP contribution in [0.5, 0.6) is 0 Å². The molecule has 4 heteroatoms. The number of aliphatic hydroxyl groups excluding tert-OH is 1. The summed E-state index contributed by atoms with van der Waals surface area (Å²) >= 11 is 0. The van der Waals surface area contributed by atoms with Gasteiger partial charge in [0.2, 0.25) is 0 Å². The minimum atomic E-state index is -0.315. The second kappa shape index (κ2) is 7.49. The van der Waals surface area contributed by atoms with Crippen molar-refractivity contribution in [2.75, 3.05) is 33.9 Å². The fourth-order valence-electron chi connectivity index (χ4n) is 0.849. The zero-order valence-corrected chi connectivity index (χ0v) is 8.04. The minimum Gasteiger partial charge on any atom is -0.392 e. The zero-order chi connectivity index (χ0) is 9.40. The summed E-state index contributed by atoms with van der Waals surface area (Å²) in [6, 6.07) is 0. The van der Waals surface area contributed by atoms with E-state index in [2.05, 4.69) is 5.32 Å². The van der Waals surface area contributed by atoms with Gasteiger partial charge in [0, 0.05) is 27.3 Å². The van der Waals surface area contributed by atoms with E-state index < -0.39 is 0 Å². The molecule has 0 aliphatic heterocycles. The van der Waals surface area contributed by atoms with Gasteiger partial charge in [0.1, 0.15) is 0 Å². The van der Waals surface area contributed by atoms with E-state index in [9.17, 15) is 0 Å². The highest BCUT2D eigenvalue weighted by molar-refractivity contribution is 4.61. The Bertz CT molecular complexity index is 98.3. The number of ether oxygens (including phenoxy) is 2. The van der Waals surface area contributed by atoms with E-state index in [0.717, 1.165) is 0 Å². The average Bonchev–Trinajstić information content (AvgIpc) is 2.02. The monoisotopic (exact) mass is 177 g/mol. The van der Waals surface area contributed by atoms with Crippen LogP contribution < -0.4 is 5.32 Å². The summed E-state index contributed by atoms with van der Waals surface area (Å²) in [6.45, 7) is 3.60. The van der Waals surface area contributed by atoms with Crippen molar-refractivity contribution >= 4 is 0 Å². The van der Waals surface area contributed by atoms with E-state index in [0.29, 0.717) is 19.7 Å². The summed E-state index contributed by atoms with van der Waals surface area (Å²) in [7, 11) is 3.29. The number of aliphatic hydroxyl groups is 1. The Morgan fingerprint density at radius 3 is 2.42 bits per heavy atom. The van der Waals surface area contributed by atoms with Crippen LogP contribution in [0.15, 0.2) is 0 Å². The molecule has 0 radical (unpaired) electrons. The molecule has 74 valence electrons. The van der Waals surface area contributed by atoms with E-state index >= 15 is 0 Å². The highest BCUT2D eigenvalue weighted by Crippen LogP contribution is 1.88. The van der Waals surface area contributed by atoms with Gasteiger partial charge in [-0.25, -0.2) is 0 Å². The summed E-state index contributed by atoms with van der Waals surface area (Å²) in [5, 5.41) is 12.0. The van der Waals surface area contributed by atoms with Crippen LogP contribution in [-0.4, -0.2) is 51.2 Å². The van der Waals surface area contributed by atoms with Crippen LogP contribution in [0.4, 0.5) is 0 Å². The second-order valence-corrected chi connectivity index (χ2v) is 2.82. The van der Waals surface area contributed by atoms with Crippen LogP contribution >= 0.6 is 0 Å². The Balaban J connectivity index is 3.31.